The van der Waals surface area contributed by atoms with Gasteiger partial charge in [-0.2, -0.15) is 0 Å². The Balaban J connectivity index is 1.50. The van der Waals surface area contributed by atoms with E-state index in [1.807, 2.05) is 18.2 Å². The van der Waals surface area contributed by atoms with Gasteiger partial charge in [-0.05, 0) is 31.0 Å². The van der Waals surface area contributed by atoms with Crippen molar-refractivity contribution in [1.82, 2.24) is 10.3 Å². The van der Waals surface area contributed by atoms with Gasteiger partial charge in [-0.1, -0.05) is 48.9 Å². The third-order valence-electron chi connectivity index (χ3n) is 4.02. The summed E-state index contributed by atoms with van der Waals surface area (Å²) in [6.07, 6.45) is 0.886. The van der Waals surface area contributed by atoms with Gasteiger partial charge in [-0.3, -0.25) is 4.79 Å². The molecular weight excluding hydrogens is 348 g/mol. The number of carbonyl (C=O) groups excluding carboxylic acids is 1. The Hall–Kier alpha value is -1.85. The summed E-state index contributed by atoms with van der Waals surface area (Å²) in [5.74, 6) is 1.31. The van der Waals surface area contributed by atoms with E-state index in [1.54, 1.807) is 23.1 Å². The first kappa shape index (κ1) is 18.0. The average Bonchev–Trinajstić information content (AvgIpc) is 3.03. The van der Waals surface area contributed by atoms with E-state index in [1.165, 1.54) is 10.3 Å². The van der Waals surface area contributed by atoms with Gasteiger partial charge >= 0.3 is 0 Å². The second kappa shape index (κ2) is 8.50. The van der Waals surface area contributed by atoms with E-state index < -0.39 is 0 Å². The van der Waals surface area contributed by atoms with Gasteiger partial charge in [0.05, 0.1) is 22.0 Å². The van der Waals surface area contributed by atoms with E-state index >= 15 is 0 Å². The summed E-state index contributed by atoms with van der Waals surface area (Å²) < 4.78 is 1.20. The first-order chi connectivity index (χ1) is 12.2. The summed E-state index contributed by atoms with van der Waals surface area (Å²) in [6.45, 7) is 4.17. The smallest absolute Gasteiger partial charge is 0.230 e. The lowest BCUT2D eigenvalue weighted by molar-refractivity contribution is -0.119. The lowest BCUT2D eigenvalue weighted by Crippen LogP contribution is -2.29. The zero-order valence-corrected chi connectivity index (χ0v) is 16.1. The molecule has 0 fully saturated rings. The number of carbonyl (C=O) groups is 1. The highest BCUT2D eigenvalue weighted by molar-refractivity contribution is 7.99. The SMILES string of the molecule is CCC(NC(=O)CSCc1nc2ccccc2s1)c1ccc(C)cc1. The molecule has 0 bridgehead atoms. The molecule has 1 N–H and O–H groups in total. The number of para-hydroxylation sites is 1. The van der Waals surface area contributed by atoms with Gasteiger partial charge in [-0.15, -0.1) is 23.1 Å². The fourth-order valence-corrected chi connectivity index (χ4v) is 4.53. The van der Waals surface area contributed by atoms with Crippen LogP contribution in [0.5, 0.6) is 0 Å². The molecule has 25 heavy (non-hydrogen) atoms. The summed E-state index contributed by atoms with van der Waals surface area (Å²) in [4.78, 5) is 16.9. The molecule has 0 saturated carbocycles. The van der Waals surface area contributed by atoms with Crippen molar-refractivity contribution in [2.24, 2.45) is 0 Å². The first-order valence-electron chi connectivity index (χ1n) is 8.44. The molecule has 1 unspecified atom stereocenters. The molecule has 2 aromatic carbocycles. The number of thioether (sulfide) groups is 1. The van der Waals surface area contributed by atoms with Crippen LogP contribution >= 0.6 is 23.1 Å². The Morgan fingerprint density at radius 1 is 1.20 bits per heavy atom. The minimum Gasteiger partial charge on any atom is -0.349 e. The van der Waals surface area contributed by atoms with Crippen LogP contribution in [0.25, 0.3) is 10.2 Å². The summed E-state index contributed by atoms with van der Waals surface area (Å²) in [5, 5.41) is 4.21. The van der Waals surface area contributed by atoms with Gasteiger partial charge < -0.3 is 5.32 Å². The lowest BCUT2D eigenvalue weighted by Gasteiger charge is -2.17. The summed E-state index contributed by atoms with van der Waals surface area (Å²) in [6, 6.07) is 16.6. The van der Waals surface area contributed by atoms with Crippen LogP contribution in [0.3, 0.4) is 0 Å². The van der Waals surface area contributed by atoms with Crippen LogP contribution in [0.4, 0.5) is 0 Å². The van der Waals surface area contributed by atoms with Crippen LogP contribution in [-0.4, -0.2) is 16.6 Å². The summed E-state index contributed by atoms with van der Waals surface area (Å²) in [5.41, 5.74) is 3.44. The van der Waals surface area contributed by atoms with Crippen molar-refractivity contribution < 1.29 is 4.79 Å². The standard InChI is InChI=1S/C20H22N2OS2/c1-3-16(15-10-8-14(2)9-11-15)21-19(23)12-24-13-20-22-17-6-4-5-7-18(17)25-20/h4-11,16H,3,12-13H2,1-2H3,(H,21,23). The average molecular weight is 371 g/mol. The number of thiazole rings is 1. The van der Waals surface area contributed by atoms with E-state index in [-0.39, 0.29) is 11.9 Å². The topological polar surface area (TPSA) is 42.0 Å². The van der Waals surface area contributed by atoms with Crippen LogP contribution in [-0.2, 0) is 10.5 Å². The van der Waals surface area contributed by atoms with Crippen molar-refractivity contribution in [1.29, 1.82) is 0 Å². The molecule has 5 heteroatoms. The second-order valence-electron chi connectivity index (χ2n) is 6.01. The van der Waals surface area contributed by atoms with E-state index in [0.717, 1.165) is 28.3 Å². The van der Waals surface area contributed by atoms with Gasteiger partial charge in [-0.25, -0.2) is 4.98 Å². The highest BCUT2D eigenvalue weighted by Gasteiger charge is 2.13. The molecule has 3 nitrogen and oxygen atoms in total. The van der Waals surface area contributed by atoms with E-state index in [4.69, 9.17) is 0 Å². The van der Waals surface area contributed by atoms with E-state index in [9.17, 15) is 4.79 Å². The van der Waals surface area contributed by atoms with Gasteiger partial charge in [0.15, 0.2) is 0 Å². The maximum Gasteiger partial charge on any atom is 0.230 e. The summed E-state index contributed by atoms with van der Waals surface area (Å²) in [7, 11) is 0. The van der Waals surface area contributed by atoms with Crippen LogP contribution < -0.4 is 5.32 Å². The van der Waals surface area contributed by atoms with E-state index in [0.29, 0.717) is 5.75 Å². The normalized spacial score (nSPS) is 12.2. The molecular formula is C20H22N2OS2. The van der Waals surface area contributed by atoms with Crippen LogP contribution in [0.15, 0.2) is 48.5 Å². The molecule has 1 aromatic heterocycles. The molecule has 0 aliphatic heterocycles. The molecule has 0 aliphatic carbocycles. The van der Waals surface area contributed by atoms with Gasteiger partial charge in [0, 0.05) is 5.75 Å². The predicted molar refractivity (Wildman–Crippen MR) is 108 cm³/mol. The van der Waals surface area contributed by atoms with Crippen molar-refractivity contribution in [2.45, 2.75) is 32.1 Å². The van der Waals surface area contributed by atoms with Crippen molar-refractivity contribution in [3.63, 3.8) is 0 Å². The second-order valence-corrected chi connectivity index (χ2v) is 8.11. The zero-order valence-electron chi connectivity index (χ0n) is 14.5. The number of aryl methyl sites for hydroxylation is 1. The monoisotopic (exact) mass is 370 g/mol. The van der Waals surface area contributed by atoms with Crippen molar-refractivity contribution >= 4 is 39.2 Å². The number of amides is 1. The maximum atomic E-state index is 12.3. The first-order valence-corrected chi connectivity index (χ1v) is 10.4. The summed E-state index contributed by atoms with van der Waals surface area (Å²) >= 11 is 3.32. The van der Waals surface area contributed by atoms with Crippen molar-refractivity contribution in [3.8, 4) is 0 Å². The Bertz CT molecular complexity index is 809. The molecule has 0 aliphatic rings. The zero-order chi connectivity index (χ0) is 17.6. The maximum absolute atomic E-state index is 12.3. The number of fused-ring (bicyclic) bond motifs is 1. The fraction of sp³-hybridized carbons (Fsp3) is 0.300. The van der Waals surface area contributed by atoms with Gasteiger partial charge in [0.1, 0.15) is 5.01 Å². The largest absolute Gasteiger partial charge is 0.349 e. The number of benzene rings is 2. The number of nitrogens with one attached hydrogen (secondary N) is 1. The molecule has 0 spiro atoms. The third-order valence-corrected chi connectivity index (χ3v) is 6.18. The number of hydrogen-bond acceptors (Lipinski definition) is 4. The molecule has 3 rings (SSSR count). The Morgan fingerprint density at radius 3 is 2.68 bits per heavy atom. The van der Waals surface area contributed by atoms with Crippen LogP contribution in [0, 0.1) is 6.92 Å². The molecule has 130 valence electrons. The van der Waals surface area contributed by atoms with Gasteiger partial charge in [0.25, 0.3) is 0 Å². The van der Waals surface area contributed by atoms with Crippen LogP contribution in [0.2, 0.25) is 0 Å². The molecule has 1 amide bonds. The van der Waals surface area contributed by atoms with Crippen molar-refractivity contribution in [3.05, 3.63) is 64.7 Å². The molecule has 0 saturated heterocycles. The van der Waals surface area contributed by atoms with E-state index in [2.05, 4.69) is 54.5 Å². The highest BCUT2D eigenvalue weighted by Crippen LogP contribution is 2.25. The third kappa shape index (κ3) is 4.83. The molecule has 0 radical (unpaired) electrons. The van der Waals surface area contributed by atoms with Gasteiger partial charge in [0.2, 0.25) is 5.91 Å². The minimum absolute atomic E-state index is 0.0798. The highest BCUT2D eigenvalue weighted by atomic mass is 32.2. The fourth-order valence-electron chi connectivity index (χ4n) is 2.67. The molecule has 3 aromatic rings. The quantitative estimate of drug-likeness (QED) is 0.629. The number of aromatic nitrogens is 1. The number of nitrogens with zero attached hydrogens (tertiary/aromatic N) is 1. The number of rotatable bonds is 7. The molecule has 1 atom stereocenters. The predicted octanol–water partition coefficient (Wildman–Crippen LogP) is 5.11. The Labute approximate surface area is 156 Å². The Morgan fingerprint density at radius 2 is 1.96 bits per heavy atom. The van der Waals surface area contributed by atoms with Crippen LogP contribution in [0.1, 0.15) is 35.5 Å². The minimum atomic E-state index is 0.0798. The van der Waals surface area contributed by atoms with Crippen molar-refractivity contribution in [2.75, 3.05) is 5.75 Å². The number of hydrogen-bond donors (Lipinski definition) is 1. The molecule has 1 heterocycles. The lowest BCUT2D eigenvalue weighted by atomic mass is 10.0. The Kier molecular flexibility index (Phi) is 6.10.